The quantitative estimate of drug-likeness (QED) is 0.748. The van der Waals surface area contributed by atoms with Gasteiger partial charge in [0.05, 0.1) is 24.9 Å². The van der Waals surface area contributed by atoms with E-state index < -0.39 is 11.6 Å². The highest BCUT2D eigenvalue weighted by Gasteiger charge is 2.20. The number of thioether (sulfide) groups is 1. The molecule has 6 heteroatoms. The zero-order chi connectivity index (χ0) is 13.7. The first-order valence-corrected chi connectivity index (χ1v) is 6.28. The third-order valence-electron chi connectivity index (χ3n) is 2.29. The number of methoxy groups -OCH3 is 2. The number of ketones is 1. The van der Waals surface area contributed by atoms with E-state index in [2.05, 4.69) is 0 Å². The average Bonchev–Trinajstić information content (AvgIpc) is 2.38. The zero-order valence-electron chi connectivity index (χ0n) is 10.4. The first-order chi connectivity index (χ1) is 8.54. The molecule has 0 N–H and O–H groups in total. The van der Waals surface area contributed by atoms with Crippen molar-refractivity contribution in [3.8, 4) is 11.5 Å². The molecule has 0 aromatic heterocycles. The minimum absolute atomic E-state index is 0.0328. The molecule has 1 aromatic rings. The van der Waals surface area contributed by atoms with Gasteiger partial charge in [0.2, 0.25) is 5.75 Å². The lowest BCUT2D eigenvalue weighted by molar-refractivity contribution is -0.116. The van der Waals surface area contributed by atoms with Crippen LogP contribution >= 0.6 is 11.8 Å². The lowest BCUT2D eigenvalue weighted by Crippen LogP contribution is -2.02. The van der Waals surface area contributed by atoms with Crippen molar-refractivity contribution in [1.29, 1.82) is 0 Å². The van der Waals surface area contributed by atoms with E-state index in [0.717, 1.165) is 17.8 Å². The molecule has 0 aliphatic rings. The molecule has 1 rings (SSSR count). The van der Waals surface area contributed by atoms with Crippen LogP contribution in [0.25, 0.3) is 0 Å². The summed E-state index contributed by atoms with van der Waals surface area (Å²) in [5.41, 5.74) is 0. The molecule has 0 amide bonds. The largest absolute Gasteiger partial charge is 0.490 e. The summed E-state index contributed by atoms with van der Waals surface area (Å²) in [7, 11) is 2.46. The number of benzene rings is 1. The standard InChI is InChI=1S/C12H14F2O3S/c1-4-7(15)6-18-9-5-8(13)11(16-2)12(17-3)10(9)14/h5H,4,6H2,1-3H3. The molecule has 0 saturated heterocycles. The van der Waals surface area contributed by atoms with Crippen LogP contribution in [0.5, 0.6) is 11.5 Å². The fourth-order valence-electron chi connectivity index (χ4n) is 1.30. The van der Waals surface area contributed by atoms with Gasteiger partial charge in [-0.05, 0) is 6.07 Å². The van der Waals surface area contributed by atoms with Gasteiger partial charge in [0.15, 0.2) is 17.4 Å². The van der Waals surface area contributed by atoms with Crippen molar-refractivity contribution in [3.63, 3.8) is 0 Å². The molecule has 0 atom stereocenters. The maximum absolute atomic E-state index is 14.0. The van der Waals surface area contributed by atoms with E-state index >= 15 is 0 Å². The lowest BCUT2D eigenvalue weighted by Gasteiger charge is -2.12. The Labute approximate surface area is 108 Å². The summed E-state index contributed by atoms with van der Waals surface area (Å²) in [5.74, 6) is -1.94. The van der Waals surface area contributed by atoms with Gasteiger partial charge in [0.1, 0.15) is 5.78 Å². The molecule has 0 aliphatic carbocycles. The van der Waals surface area contributed by atoms with Gasteiger partial charge < -0.3 is 9.47 Å². The topological polar surface area (TPSA) is 35.5 Å². The highest BCUT2D eigenvalue weighted by atomic mass is 32.2. The Balaban J connectivity index is 3.07. The predicted molar refractivity (Wildman–Crippen MR) is 65.5 cm³/mol. The van der Waals surface area contributed by atoms with E-state index in [1.165, 1.54) is 14.2 Å². The predicted octanol–water partition coefficient (Wildman–Crippen LogP) is 3.05. The number of rotatable bonds is 6. The highest BCUT2D eigenvalue weighted by Crippen LogP contribution is 2.38. The Morgan fingerprint density at radius 3 is 2.39 bits per heavy atom. The van der Waals surface area contributed by atoms with Crippen LogP contribution < -0.4 is 9.47 Å². The summed E-state index contributed by atoms with van der Waals surface area (Å²) in [5, 5.41) is 0. The van der Waals surface area contributed by atoms with E-state index in [4.69, 9.17) is 9.47 Å². The highest BCUT2D eigenvalue weighted by molar-refractivity contribution is 8.00. The average molecular weight is 276 g/mol. The van der Waals surface area contributed by atoms with Crippen molar-refractivity contribution < 1.29 is 23.0 Å². The molecule has 0 aliphatic heterocycles. The van der Waals surface area contributed by atoms with Gasteiger partial charge in [-0.2, -0.15) is 0 Å². The van der Waals surface area contributed by atoms with Crippen LogP contribution in [0.15, 0.2) is 11.0 Å². The lowest BCUT2D eigenvalue weighted by atomic mass is 10.3. The number of carbonyl (C=O) groups excluding carboxylic acids is 1. The molecule has 0 radical (unpaired) electrons. The van der Waals surface area contributed by atoms with Crippen molar-refractivity contribution >= 4 is 17.5 Å². The molecule has 3 nitrogen and oxygen atoms in total. The molecule has 0 heterocycles. The minimum Gasteiger partial charge on any atom is -0.490 e. The van der Waals surface area contributed by atoms with Gasteiger partial charge in [-0.25, -0.2) is 8.78 Å². The molecule has 0 spiro atoms. The SMILES string of the molecule is CCC(=O)CSc1cc(F)c(OC)c(OC)c1F. The van der Waals surface area contributed by atoms with Crippen molar-refractivity contribution in [2.75, 3.05) is 20.0 Å². The first kappa shape index (κ1) is 14.8. The fraction of sp³-hybridized carbons (Fsp3) is 0.417. The third kappa shape index (κ3) is 3.13. The number of halogens is 2. The Bertz CT molecular complexity index is 449. The number of carbonyl (C=O) groups is 1. The summed E-state index contributed by atoms with van der Waals surface area (Å²) in [6, 6.07) is 1.00. The van der Waals surface area contributed by atoms with Crippen LogP contribution in [0.3, 0.4) is 0 Å². The van der Waals surface area contributed by atoms with Gasteiger partial charge in [-0.15, -0.1) is 11.8 Å². The van der Waals surface area contributed by atoms with Gasteiger partial charge in [0.25, 0.3) is 0 Å². The summed E-state index contributed by atoms with van der Waals surface area (Å²) < 4.78 is 37.1. The van der Waals surface area contributed by atoms with Crippen molar-refractivity contribution in [1.82, 2.24) is 0 Å². The van der Waals surface area contributed by atoms with Crippen molar-refractivity contribution in [3.05, 3.63) is 17.7 Å². The van der Waals surface area contributed by atoms with E-state index in [1.54, 1.807) is 6.92 Å². The molecular weight excluding hydrogens is 262 g/mol. The van der Waals surface area contributed by atoms with Gasteiger partial charge in [-0.1, -0.05) is 6.92 Å². The Hall–Kier alpha value is -1.30. The normalized spacial score (nSPS) is 10.3. The summed E-state index contributed by atoms with van der Waals surface area (Å²) in [6.07, 6.45) is 0.365. The smallest absolute Gasteiger partial charge is 0.201 e. The Kier molecular flexibility index (Phi) is 5.40. The molecule has 0 unspecified atom stereocenters. The van der Waals surface area contributed by atoms with Crippen LogP contribution in [0, 0.1) is 11.6 Å². The van der Waals surface area contributed by atoms with Gasteiger partial charge in [0, 0.05) is 6.42 Å². The number of Topliss-reactive ketones (excluding diaryl/α,β-unsaturated/α-hetero) is 1. The van der Waals surface area contributed by atoms with Crippen LogP contribution in [0.4, 0.5) is 8.78 Å². The number of ether oxygens (including phenoxy) is 2. The van der Waals surface area contributed by atoms with Crippen LogP contribution in [0.1, 0.15) is 13.3 Å². The minimum atomic E-state index is -0.720. The van der Waals surface area contributed by atoms with E-state index in [0.29, 0.717) is 6.42 Å². The summed E-state index contributed by atoms with van der Waals surface area (Å²) in [4.78, 5) is 11.2. The maximum atomic E-state index is 14.0. The molecule has 1 aromatic carbocycles. The van der Waals surface area contributed by atoms with E-state index in [-0.39, 0.29) is 27.9 Å². The van der Waals surface area contributed by atoms with Crippen molar-refractivity contribution in [2.45, 2.75) is 18.2 Å². The van der Waals surface area contributed by atoms with E-state index in [1.807, 2.05) is 0 Å². The second kappa shape index (κ2) is 6.58. The fourth-order valence-corrected chi connectivity index (χ4v) is 2.23. The van der Waals surface area contributed by atoms with E-state index in [9.17, 15) is 13.6 Å². The third-order valence-corrected chi connectivity index (χ3v) is 3.36. The van der Waals surface area contributed by atoms with Crippen LogP contribution in [-0.4, -0.2) is 25.8 Å². The van der Waals surface area contributed by atoms with Crippen LogP contribution in [-0.2, 0) is 4.79 Å². The Morgan fingerprint density at radius 2 is 1.89 bits per heavy atom. The summed E-state index contributed by atoms with van der Waals surface area (Å²) >= 11 is 0.943. The monoisotopic (exact) mass is 276 g/mol. The molecular formula is C12H14F2O3S. The van der Waals surface area contributed by atoms with Crippen LogP contribution in [0.2, 0.25) is 0 Å². The molecule has 0 fully saturated rings. The molecule has 100 valence electrons. The molecule has 0 bridgehead atoms. The first-order valence-electron chi connectivity index (χ1n) is 5.29. The number of hydrogen-bond donors (Lipinski definition) is 0. The Morgan fingerprint density at radius 1 is 1.28 bits per heavy atom. The second-order valence-corrected chi connectivity index (χ2v) is 4.44. The molecule has 0 saturated carbocycles. The van der Waals surface area contributed by atoms with Gasteiger partial charge in [-0.3, -0.25) is 4.79 Å². The zero-order valence-corrected chi connectivity index (χ0v) is 11.2. The number of hydrogen-bond acceptors (Lipinski definition) is 4. The van der Waals surface area contributed by atoms with Crippen molar-refractivity contribution in [2.24, 2.45) is 0 Å². The molecule has 18 heavy (non-hydrogen) atoms. The van der Waals surface area contributed by atoms with Gasteiger partial charge >= 0.3 is 0 Å². The summed E-state index contributed by atoms with van der Waals surface area (Å²) in [6.45, 7) is 1.72. The maximum Gasteiger partial charge on any atom is 0.201 e. The second-order valence-electron chi connectivity index (χ2n) is 3.42.